The average Bonchev–Trinajstić information content (AvgIpc) is 2.22. The highest BCUT2D eigenvalue weighted by Gasteiger charge is 2.08. The van der Waals surface area contributed by atoms with E-state index in [0.29, 0.717) is 11.6 Å². The van der Waals surface area contributed by atoms with Crippen LogP contribution in [-0.4, -0.2) is 35.0 Å². The Hall–Kier alpha value is -1.33. The molecule has 1 heterocycles. The van der Waals surface area contributed by atoms with Gasteiger partial charge in [0.2, 0.25) is 5.88 Å². The van der Waals surface area contributed by atoms with Gasteiger partial charge in [-0.2, -0.15) is 0 Å². The van der Waals surface area contributed by atoms with Crippen molar-refractivity contribution in [1.29, 1.82) is 0 Å². The van der Waals surface area contributed by atoms with Crippen LogP contribution in [0.2, 0.25) is 0 Å². The molecule has 0 radical (unpaired) electrons. The first-order chi connectivity index (χ1) is 6.77. The number of aromatic nitrogens is 1. The number of aliphatic hydroxyl groups is 2. The first-order valence-electron chi connectivity index (χ1n) is 4.33. The van der Waals surface area contributed by atoms with Gasteiger partial charge in [-0.25, -0.2) is 4.98 Å². The Bertz CT molecular complexity index is 277. The summed E-state index contributed by atoms with van der Waals surface area (Å²) >= 11 is 0. The molecule has 4 N–H and O–H groups in total. The normalized spacial score (nSPS) is 10.5. The minimum Gasteiger partial charge on any atom is -0.476 e. The molecular formula is C9H14N2O3. The molecule has 0 saturated carbocycles. The van der Waals surface area contributed by atoms with E-state index in [2.05, 4.69) is 4.98 Å². The summed E-state index contributed by atoms with van der Waals surface area (Å²) in [5.41, 5.74) is 6.02. The van der Waals surface area contributed by atoms with Crippen LogP contribution in [0.1, 0.15) is 0 Å². The van der Waals surface area contributed by atoms with Crippen LogP contribution in [0.25, 0.3) is 0 Å². The zero-order valence-electron chi connectivity index (χ0n) is 7.76. The zero-order chi connectivity index (χ0) is 10.4. The van der Waals surface area contributed by atoms with Crippen LogP contribution in [0, 0.1) is 5.92 Å². The lowest BCUT2D eigenvalue weighted by Crippen LogP contribution is -2.20. The number of nitrogens with two attached hydrogens (primary N) is 1. The predicted molar refractivity (Wildman–Crippen MR) is 51.8 cm³/mol. The lowest BCUT2D eigenvalue weighted by molar-refractivity contribution is 0.104. The van der Waals surface area contributed by atoms with Gasteiger partial charge < -0.3 is 20.7 Å². The number of hydrogen-bond donors (Lipinski definition) is 3. The van der Waals surface area contributed by atoms with Gasteiger partial charge in [-0.15, -0.1) is 0 Å². The van der Waals surface area contributed by atoms with Crippen LogP contribution in [0.15, 0.2) is 18.3 Å². The SMILES string of the molecule is Nc1cccnc1OCC(CO)CO. The summed E-state index contributed by atoms with van der Waals surface area (Å²) in [4.78, 5) is 3.91. The number of pyridine rings is 1. The Kier molecular flexibility index (Phi) is 4.15. The van der Waals surface area contributed by atoms with Crippen molar-refractivity contribution in [2.45, 2.75) is 0 Å². The van der Waals surface area contributed by atoms with Crippen molar-refractivity contribution >= 4 is 5.69 Å². The fourth-order valence-corrected chi connectivity index (χ4v) is 0.884. The van der Waals surface area contributed by atoms with Crippen molar-refractivity contribution in [3.63, 3.8) is 0 Å². The Morgan fingerprint density at radius 3 is 2.71 bits per heavy atom. The second kappa shape index (κ2) is 5.41. The highest BCUT2D eigenvalue weighted by molar-refractivity contribution is 5.46. The van der Waals surface area contributed by atoms with Crippen molar-refractivity contribution in [3.8, 4) is 5.88 Å². The molecule has 0 atom stereocenters. The molecule has 0 fully saturated rings. The molecule has 1 rings (SSSR count). The summed E-state index contributed by atoms with van der Waals surface area (Å²) in [6.07, 6.45) is 1.57. The van der Waals surface area contributed by atoms with Gasteiger partial charge in [-0.3, -0.25) is 0 Å². The molecule has 5 nitrogen and oxygen atoms in total. The van der Waals surface area contributed by atoms with Crippen LogP contribution in [0.4, 0.5) is 5.69 Å². The van der Waals surface area contributed by atoms with Gasteiger partial charge >= 0.3 is 0 Å². The molecule has 0 aromatic carbocycles. The van der Waals surface area contributed by atoms with E-state index in [-0.39, 0.29) is 25.7 Å². The summed E-state index contributed by atoms with van der Waals surface area (Å²) in [5, 5.41) is 17.6. The van der Waals surface area contributed by atoms with E-state index in [4.69, 9.17) is 20.7 Å². The van der Waals surface area contributed by atoms with Gasteiger partial charge in [0, 0.05) is 12.1 Å². The topological polar surface area (TPSA) is 88.6 Å². The molecule has 0 amide bonds. The van der Waals surface area contributed by atoms with Gasteiger partial charge in [0.25, 0.3) is 0 Å². The summed E-state index contributed by atoms with van der Waals surface area (Å²) in [7, 11) is 0. The maximum Gasteiger partial charge on any atom is 0.237 e. The Balaban J connectivity index is 2.49. The number of anilines is 1. The largest absolute Gasteiger partial charge is 0.476 e. The van der Waals surface area contributed by atoms with E-state index in [1.165, 1.54) is 0 Å². The van der Waals surface area contributed by atoms with E-state index in [1.54, 1.807) is 18.3 Å². The number of nitrogens with zero attached hydrogens (tertiary/aromatic N) is 1. The minimum atomic E-state index is -0.295. The molecule has 0 aliphatic heterocycles. The third kappa shape index (κ3) is 2.86. The molecule has 1 aromatic heterocycles. The molecule has 0 aliphatic rings. The minimum absolute atomic E-state index is 0.122. The van der Waals surface area contributed by atoms with Gasteiger partial charge in [-0.05, 0) is 12.1 Å². The summed E-state index contributed by atoms with van der Waals surface area (Å²) < 4.78 is 5.22. The maximum absolute atomic E-state index is 8.78. The highest BCUT2D eigenvalue weighted by atomic mass is 16.5. The number of rotatable bonds is 5. The van der Waals surface area contributed by atoms with Gasteiger partial charge in [0.1, 0.15) is 0 Å². The summed E-state index contributed by atoms with van der Waals surface area (Å²) in [6, 6.07) is 3.38. The Morgan fingerprint density at radius 1 is 1.43 bits per heavy atom. The Labute approximate surface area is 82.2 Å². The van der Waals surface area contributed by atoms with Crippen LogP contribution in [0.5, 0.6) is 5.88 Å². The third-order valence-electron chi connectivity index (χ3n) is 1.77. The molecule has 14 heavy (non-hydrogen) atoms. The third-order valence-corrected chi connectivity index (χ3v) is 1.77. The lowest BCUT2D eigenvalue weighted by atomic mass is 10.2. The van der Waals surface area contributed by atoms with Gasteiger partial charge in [0.15, 0.2) is 0 Å². The summed E-state index contributed by atoms with van der Waals surface area (Å²) in [5.74, 6) is 0.0378. The molecule has 1 aromatic rings. The molecule has 78 valence electrons. The molecule has 0 unspecified atom stereocenters. The van der Waals surface area contributed by atoms with E-state index in [0.717, 1.165) is 0 Å². The Morgan fingerprint density at radius 2 is 2.14 bits per heavy atom. The zero-order valence-corrected chi connectivity index (χ0v) is 7.76. The number of ether oxygens (including phenoxy) is 1. The van der Waals surface area contributed by atoms with Gasteiger partial charge in [-0.1, -0.05) is 0 Å². The highest BCUT2D eigenvalue weighted by Crippen LogP contribution is 2.16. The summed E-state index contributed by atoms with van der Waals surface area (Å²) in [6.45, 7) is -0.0410. The van der Waals surface area contributed by atoms with Crippen molar-refractivity contribution in [2.75, 3.05) is 25.6 Å². The molecule has 0 spiro atoms. The molecule has 0 aliphatic carbocycles. The quantitative estimate of drug-likeness (QED) is 0.601. The van der Waals surface area contributed by atoms with Crippen molar-refractivity contribution in [3.05, 3.63) is 18.3 Å². The first kappa shape index (κ1) is 10.7. The predicted octanol–water partition coefficient (Wildman–Crippen LogP) is -0.357. The van der Waals surface area contributed by atoms with Gasteiger partial charge in [0.05, 0.1) is 25.5 Å². The number of nitrogen functional groups attached to an aromatic ring is 1. The average molecular weight is 198 g/mol. The fourth-order valence-electron chi connectivity index (χ4n) is 0.884. The monoisotopic (exact) mass is 198 g/mol. The van der Waals surface area contributed by atoms with Crippen LogP contribution in [0.3, 0.4) is 0 Å². The van der Waals surface area contributed by atoms with Crippen LogP contribution in [-0.2, 0) is 0 Å². The molecular weight excluding hydrogens is 184 g/mol. The molecule has 5 heteroatoms. The van der Waals surface area contributed by atoms with E-state index < -0.39 is 0 Å². The fraction of sp³-hybridized carbons (Fsp3) is 0.444. The lowest BCUT2D eigenvalue weighted by Gasteiger charge is -2.12. The van der Waals surface area contributed by atoms with Crippen LogP contribution >= 0.6 is 0 Å². The van der Waals surface area contributed by atoms with E-state index in [1.807, 2.05) is 0 Å². The van der Waals surface area contributed by atoms with E-state index >= 15 is 0 Å². The maximum atomic E-state index is 8.78. The van der Waals surface area contributed by atoms with Crippen molar-refractivity contribution < 1.29 is 14.9 Å². The number of aliphatic hydroxyl groups excluding tert-OH is 2. The number of hydrogen-bond acceptors (Lipinski definition) is 5. The second-order valence-corrected chi connectivity index (χ2v) is 2.94. The van der Waals surface area contributed by atoms with Crippen molar-refractivity contribution in [2.24, 2.45) is 5.92 Å². The van der Waals surface area contributed by atoms with Crippen molar-refractivity contribution in [1.82, 2.24) is 4.98 Å². The smallest absolute Gasteiger partial charge is 0.237 e. The molecule has 0 saturated heterocycles. The standard InChI is InChI=1S/C9H14N2O3/c10-8-2-1-3-11-9(8)14-6-7(4-12)5-13/h1-3,7,12-13H,4-6,10H2. The van der Waals surface area contributed by atoms with Crippen LogP contribution < -0.4 is 10.5 Å². The van der Waals surface area contributed by atoms with E-state index in [9.17, 15) is 0 Å². The first-order valence-corrected chi connectivity index (χ1v) is 4.33. The molecule has 0 bridgehead atoms. The second-order valence-electron chi connectivity index (χ2n) is 2.94.